The van der Waals surface area contributed by atoms with Crippen LogP contribution in [-0.2, 0) is 14.3 Å². The Labute approximate surface area is 134 Å². The van der Waals surface area contributed by atoms with E-state index in [9.17, 15) is 4.79 Å². The van der Waals surface area contributed by atoms with Crippen molar-refractivity contribution in [2.24, 2.45) is 28.1 Å². The predicted octanol–water partition coefficient (Wildman–Crippen LogP) is 3.95. The predicted molar refractivity (Wildman–Crippen MR) is 84.3 cm³/mol. The molecular weight excluding hydrogens is 276 g/mol. The first-order valence-electron chi connectivity index (χ1n) is 9.07. The molecule has 0 amide bonds. The molecular formula is C19H30O3. The standard InChI is InChI=1S/C19H30O3/c1-16-7-6-14(20)15-13(5-8-18(3)21-11-12-22-18)17(2,10-9-16)19(15,16)4/h13,15H,5-12H2,1-4H3/t13?,15-,16-,17-,19-/m0/s1. The van der Waals surface area contributed by atoms with Crippen LogP contribution in [0.1, 0.15) is 66.2 Å². The molecule has 0 N–H and O–H groups in total. The fourth-order valence-electron chi connectivity index (χ4n) is 6.81. The lowest BCUT2D eigenvalue weighted by molar-refractivity contribution is -0.234. The van der Waals surface area contributed by atoms with E-state index in [0.717, 1.165) is 25.7 Å². The number of carbonyl (C=O) groups is 1. The molecule has 3 aliphatic carbocycles. The Morgan fingerprint density at radius 3 is 2.41 bits per heavy atom. The number of Topliss-reactive ketones (excluding diaryl/α,β-unsaturated/α-hetero) is 1. The fourth-order valence-corrected chi connectivity index (χ4v) is 6.81. The highest BCUT2D eigenvalue weighted by atomic mass is 16.7. The normalized spacial score (nSPS) is 52.5. The van der Waals surface area contributed by atoms with Gasteiger partial charge < -0.3 is 9.47 Å². The van der Waals surface area contributed by atoms with Gasteiger partial charge in [-0.15, -0.1) is 0 Å². The second-order valence-corrected chi connectivity index (χ2v) is 9.10. The molecule has 0 aromatic carbocycles. The van der Waals surface area contributed by atoms with Gasteiger partial charge in [-0.1, -0.05) is 20.8 Å². The molecule has 4 fully saturated rings. The Morgan fingerprint density at radius 2 is 1.73 bits per heavy atom. The lowest BCUT2D eigenvalue weighted by Crippen LogP contribution is -2.69. The third-order valence-corrected chi connectivity index (χ3v) is 8.56. The van der Waals surface area contributed by atoms with Gasteiger partial charge in [0.25, 0.3) is 0 Å². The van der Waals surface area contributed by atoms with Crippen LogP contribution >= 0.6 is 0 Å². The maximum atomic E-state index is 12.7. The number of hydrogen-bond donors (Lipinski definition) is 0. The number of rotatable bonds is 3. The van der Waals surface area contributed by atoms with Crippen molar-refractivity contribution in [1.82, 2.24) is 0 Å². The van der Waals surface area contributed by atoms with Crippen molar-refractivity contribution in [3.05, 3.63) is 0 Å². The zero-order chi connectivity index (χ0) is 15.8. The Balaban J connectivity index is 1.58. The summed E-state index contributed by atoms with van der Waals surface area (Å²) >= 11 is 0. The molecule has 0 aromatic heterocycles. The van der Waals surface area contributed by atoms with E-state index in [1.807, 2.05) is 0 Å². The molecule has 0 aromatic rings. The average Bonchev–Trinajstić information content (AvgIpc) is 2.98. The van der Waals surface area contributed by atoms with E-state index in [4.69, 9.17) is 9.47 Å². The van der Waals surface area contributed by atoms with Crippen molar-refractivity contribution in [2.75, 3.05) is 13.2 Å². The fraction of sp³-hybridized carbons (Fsp3) is 0.947. The molecule has 0 bridgehead atoms. The Bertz CT molecular complexity index is 509. The van der Waals surface area contributed by atoms with Gasteiger partial charge in [-0.3, -0.25) is 4.79 Å². The summed E-state index contributed by atoms with van der Waals surface area (Å²) in [5.74, 6) is 0.922. The first-order chi connectivity index (χ1) is 10.3. The van der Waals surface area contributed by atoms with Gasteiger partial charge in [-0.25, -0.2) is 0 Å². The number of ether oxygens (including phenoxy) is 2. The van der Waals surface area contributed by atoms with Gasteiger partial charge in [0.05, 0.1) is 13.2 Å². The summed E-state index contributed by atoms with van der Waals surface area (Å²) in [6.45, 7) is 10.8. The zero-order valence-electron chi connectivity index (χ0n) is 14.5. The molecule has 3 saturated carbocycles. The Hall–Kier alpha value is -0.410. The molecule has 124 valence electrons. The van der Waals surface area contributed by atoms with Gasteiger partial charge >= 0.3 is 0 Å². The highest BCUT2D eigenvalue weighted by Gasteiger charge is 2.77. The van der Waals surface area contributed by atoms with Gasteiger partial charge in [0.15, 0.2) is 5.79 Å². The molecule has 22 heavy (non-hydrogen) atoms. The van der Waals surface area contributed by atoms with E-state index in [1.54, 1.807) is 0 Å². The topological polar surface area (TPSA) is 35.5 Å². The Morgan fingerprint density at radius 1 is 1.05 bits per heavy atom. The van der Waals surface area contributed by atoms with Crippen molar-refractivity contribution >= 4 is 5.78 Å². The molecule has 1 heterocycles. The zero-order valence-corrected chi connectivity index (χ0v) is 14.5. The minimum Gasteiger partial charge on any atom is -0.348 e. The second-order valence-electron chi connectivity index (χ2n) is 9.10. The van der Waals surface area contributed by atoms with Crippen molar-refractivity contribution in [1.29, 1.82) is 0 Å². The first-order valence-corrected chi connectivity index (χ1v) is 9.07. The van der Waals surface area contributed by atoms with Crippen LogP contribution < -0.4 is 0 Å². The van der Waals surface area contributed by atoms with Crippen molar-refractivity contribution in [3.8, 4) is 0 Å². The lowest BCUT2D eigenvalue weighted by atomic mass is 9.32. The number of carbonyl (C=O) groups excluding carboxylic acids is 1. The van der Waals surface area contributed by atoms with E-state index in [0.29, 0.717) is 35.7 Å². The summed E-state index contributed by atoms with van der Waals surface area (Å²) in [5.41, 5.74) is 0.927. The summed E-state index contributed by atoms with van der Waals surface area (Å²) < 4.78 is 11.5. The van der Waals surface area contributed by atoms with Crippen molar-refractivity contribution in [2.45, 2.75) is 72.0 Å². The van der Waals surface area contributed by atoms with E-state index >= 15 is 0 Å². The first kappa shape index (κ1) is 15.1. The third kappa shape index (κ3) is 1.57. The van der Waals surface area contributed by atoms with Gasteiger partial charge in [0.1, 0.15) is 5.78 Å². The number of hydrogen-bond acceptors (Lipinski definition) is 3. The second kappa shape index (κ2) is 4.36. The molecule has 1 saturated heterocycles. The minimum atomic E-state index is -0.415. The van der Waals surface area contributed by atoms with Crippen molar-refractivity contribution < 1.29 is 14.3 Å². The highest BCUT2D eigenvalue weighted by molar-refractivity contribution is 5.85. The molecule has 1 aliphatic heterocycles. The molecule has 5 atom stereocenters. The van der Waals surface area contributed by atoms with E-state index in [1.165, 1.54) is 12.8 Å². The van der Waals surface area contributed by atoms with Crippen molar-refractivity contribution in [3.63, 3.8) is 0 Å². The smallest absolute Gasteiger partial charge is 0.165 e. The third-order valence-electron chi connectivity index (χ3n) is 8.56. The van der Waals surface area contributed by atoms with Crippen LogP contribution in [0.3, 0.4) is 0 Å². The molecule has 3 heteroatoms. The van der Waals surface area contributed by atoms with Gasteiger partial charge in [-0.05, 0) is 54.8 Å². The van der Waals surface area contributed by atoms with Crippen LogP contribution in [0.15, 0.2) is 0 Å². The average molecular weight is 306 g/mol. The molecule has 1 unspecified atom stereocenters. The monoisotopic (exact) mass is 306 g/mol. The van der Waals surface area contributed by atoms with Crippen LogP contribution in [0.2, 0.25) is 0 Å². The van der Waals surface area contributed by atoms with Gasteiger partial charge in [0, 0.05) is 18.8 Å². The molecule has 0 spiro atoms. The van der Waals surface area contributed by atoms with Crippen LogP contribution in [0.4, 0.5) is 0 Å². The molecule has 4 rings (SSSR count). The van der Waals surface area contributed by atoms with Crippen LogP contribution in [0.25, 0.3) is 0 Å². The van der Waals surface area contributed by atoms with Gasteiger partial charge in [-0.2, -0.15) is 0 Å². The summed E-state index contributed by atoms with van der Waals surface area (Å²) in [6, 6.07) is 0. The van der Waals surface area contributed by atoms with Crippen LogP contribution in [0.5, 0.6) is 0 Å². The van der Waals surface area contributed by atoms with Crippen LogP contribution in [0, 0.1) is 28.1 Å². The van der Waals surface area contributed by atoms with E-state index < -0.39 is 5.79 Å². The van der Waals surface area contributed by atoms with E-state index in [-0.39, 0.29) is 11.3 Å². The number of ketones is 1. The Kier molecular flexibility index (Phi) is 3.00. The molecule has 0 radical (unpaired) electrons. The van der Waals surface area contributed by atoms with Gasteiger partial charge in [0.2, 0.25) is 0 Å². The summed E-state index contributed by atoms with van der Waals surface area (Å²) in [6.07, 6.45) is 6.47. The molecule has 3 nitrogen and oxygen atoms in total. The largest absolute Gasteiger partial charge is 0.348 e. The van der Waals surface area contributed by atoms with E-state index in [2.05, 4.69) is 27.7 Å². The lowest BCUT2D eigenvalue weighted by Gasteiger charge is -2.70. The highest BCUT2D eigenvalue weighted by Crippen LogP contribution is 2.81. The summed E-state index contributed by atoms with van der Waals surface area (Å²) in [7, 11) is 0. The van der Waals surface area contributed by atoms with Crippen LogP contribution in [-0.4, -0.2) is 24.8 Å². The summed E-state index contributed by atoms with van der Waals surface area (Å²) in [4.78, 5) is 12.7. The molecule has 4 aliphatic rings. The maximum absolute atomic E-state index is 12.7. The quantitative estimate of drug-likeness (QED) is 0.792. The maximum Gasteiger partial charge on any atom is 0.165 e. The SMILES string of the molecule is CC1(CCC2[C@H]3C(=O)CC[C@@]4(C)CC[C@]2(C)[C@@]34C)OCCO1. The summed E-state index contributed by atoms with van der Waals surface area (Å²) in [5, 5.41) is 0. The minimum absolute atomic E-state index is 0.221.